The first-order valence-electron chi connectivity index (χ1n) is 11.0. The summed E-state index contributed by atoms with van der Waals surface area (Å²) in [5, 5.41) is 8.18. The first-order chi connectivity index (χ1) is 16.7. The monoisotopic (exact) mass is 492 g/mol. The number of hydrogen-bond donors (Lipinski definition) is 2. The van der Waals surface area contributed by atoms with Crippen molar-refractivity contribution in [2.24, 2.45) is 0 Å². The SMILES string of the molecule is COc1cc(NC(=O)c2cc(C3CC3)nc3c2c(C)nn3-c2ccccn2)ccc1NS(C)(=O)=O. The van der Waals surface area contributed by atoms with Gasteiger partial charge in [0, 0.05) is 29.6 Å². The van der Waals surface area contributed by atoms with E-state index in [1.54, 1.807) is 23.0 Å². The predicted octanol–water partition coefficient (Wildman–Crippen LogP) is 3.63. The number of aromatic nitrogens is 4. The molecule has 3 aromatic heterocycles. The van der Waals surface area contributed by atoms with Gasteiger partial charge in [-0.15, -0.1) is 0 Å². The highest BCUT2D eigenvalue weighted by Gasteiger charge is 2.29. The Hall–Kier alpha value is -3.99. The number of hydrogen-bond acceptors (Lipinski definition) is 7. The van der Waals surface area contributed by atoms with Gasteiger partial charge >= 0.3 is 0 Å². The highest BCUT2D eigenvalue weighted by Crippen LogP contribution is 2.41. The van der Waals surface area contributed by atoms with Crippen LogP contribution in [0.15, 0.2) is 48.7 Å². The maximum Gasteiger partial charge on any atom is 0.256 e. The van der Waals surface area contributed by atoms with Crippen molar-refractivity contribution in [3.05, 3.63) is 65.6 Å². The van der Waals surface area contributed by atoms with Crippen LogP contribution >= 0.6 is 0 Å². The number of ether oxygens (including phenoxy) is 1. The fourth-order valence-corrected chi connectivity index (χ4v) is 4.53. The highest BCUT2D eigenvalue weighted by atomic mass is 32.2. The molecule has 0 atom stereocenters. The third-order valence-corrected chi connectivity index (χ3v) is 6.28. The molecule has 0 spiro atoms. The fourth-order valence-electron chi connectivity index (χ4n) is 3.97. The van der Waals surface area contributed by atoms with Gasteiger partial charge in [-0.05, 0) is 50.1 Å². The summed E-state index contributed by atoms with van der Waals surface area (Å²) in [4.78, 5) is 22.7. The number of carbonyl (C=O) groups excluding carboxylic acids is 1. The Kier molecular flexibility index (Phi) is 5.64. The number of methoxy groups -OCH3 is 1. The summed E-state index contributed by atoms with van der Waals surface area (Å²) < 4.78 is 32.6. The fraction of sp³-hybridized carbons (Fsp3) is 0.250. The Bertz CT molecular complexity index is 1550. The van der Waals surface area contributed by atoms with Crippen LogP contribution in [0.4, 0.5) is 11.4 Å². The van der Waals surface area contributed by atoms with Gasteiger partial charge in [0.2, 0.25) is 10.0 Å². The van der Waals surface area contributed by atoms with Crippen molar-refractivity contribution in [3.63, 3.8) is 0 Å². The van der Waals surface area contributed by atoms with Crippen molar-refractivity contribution >= 4 is 38.3 Å². The summed E-state index contributed by atoms with van der Waals surface area (Å²) in [5.41, 5.74) is 3.30. The lowest BCUT2D eigenvalue weighted by Crippen LogP contribution is -2.14. The normalized spacial score (nSPS) is 13.6. The molecule has 5 rings (SSSR count). The van der Waals surface area contributed by atoms with Crippen LogP contribution in [0.2, 0.25) is 0 Å². The molecule has 4 aromatic rings. The number of pyridine rings is 2. The van der Waals surface area contributed by atoms with Crippen LogP contribution in [0, 0.1) is 6.92 Å². The Balaban J connectivity index is 1.55. The molecule has 0 unspecified atom stereocenters. The molecule has 1 amide bonds. The van der Waals surface area contributed by atoms with E-state index in [2.05, 4.69) is 20.1 Å². The highest BCUT2D eigenvalue weighted by molar-refractivity contribution is 7.92. The second-order valence-electron chi connectivity index (χ2n) is 8.50. The molecule has 1 saturated carbocycles. The van der Waals surface area contributed by atoms with Gasteiger partial charge in [-0.25, -0.2) is 18.4 Å². The molecule has 11 heteroatoms. The van der Waals surface area contributed by atoms with E-state index >= 15 is 0 Å². The molecule has 0 aliphatic heterocycles. The van der Waals surface area contributed by atoms with E-state index in [1.807, 2.05) is 31.2 Å². The Morgan fingerprint density at radius 1 is 1.17 bits per heavy atom. The first-order valence-corrected chi connectivity index (χ1v) is 12.9. The van der Waals surface area contributed by atoms with E-state index < -0.39 is 10.0 Å². The Labute approximate surface area is 202 Å². The third kappa shape index (κ3) is 4.67. The average Bonchev–Trinajstić information content (AvgIpc) is 3.63. The van der Waals surface area contributed by atoms with Gasteiger partial charge in [-0.3, -0.25) is 9.52 Å². The standard InChI is InChI=1S/C24H24N6O4S/c1-14-22-17(24(31)26-16-9-10-18(20(12-16)34-2)29-35(3,32)33)13-19(15-7-8-15)27-23(22)30(28-14)21-6-4-5-11-25-21/h4-6,9-13,15,29H,7-8H2,1-3H3,(H,26,31). The van der Waals surface area contributed by atoms with Gasteiger partial charge in [0.25, 0.3) is 5.91 Å². The molecule has 1 aromatic carbocycles. The Morgan fingerprint density at radius 2 is 1.97 bits per heavy atom. The van der Waals surface area contributed by atoms with E-state index in [9.17, 15) is 13.2 Å². The minimum absolute atomic E-state index is 0.280. The van der Waals surface area contributed by atoms with E-state index in [0.29, 0.717) is 39.7 Å². The lowest BCUT2D eigenvalue weighted by molar-refractivity contribution is 0.102. The lowest BCUT2D eigenvalue weighted by atomic mass is 10.1. The van der Waals surface area contributed by atoms with Crippen molar-refractivity contribution in [2.45, 2.75) is 25.7 Å². The van der Waals surface area contributed by atoms with Gasteiger partial charge in [-0.1, -0.05) is 6.07 Å². The minimum Gasteiger partial charge on any atom is -0.494 e. The molecular formula is C24H24N6O4S. The second-order valence-corrected chi connectivity index (χ2v) is 10.2. The zero-order valence-corrected chi connectivity index (χ0v) is 20.3. The average molecular weight is 493 g/mol. The van der Waals surface area contributed by atoms with Crippen molar-refractivity contribution in [1.29, 1.82) is 0 Å². The van der Waals surface area contributed by atoms with Crippen LogP contribution in [0.3, 0.4) is 0 Å². The van der Waals surface area contributed by atoms with Crippen LogP contribution in [0.5, 0.6) is 5.75 Å². The Morgan fingerprint density at radius 3 is 2.63 bits per heavy atom. The van der Waals surface area contributed by atoms with Gasteiger partial charge in [0.1, 0.15) is 5.75 Å². The summed E-state index contributed by atoms with van der Waals surface area (Å²) >= 11 is 0. The zero-order valence-electron chi connectivity index (χ0n) is 19.4. The lowest BCUT2D eigenvalue weighted by Gasteiger charge is -2.13. The van der Waals surface area contributed by atoms with Crippen LogP contribution in [-0.4, -0.2) is 47.4 Å². The van der Waals surface area contributed by atoms with Crippen LogP contribution in [0.25, 0.3) is 16.9 Å². The van der Waals surface area contributed by atoms with Crippen molar-refractivity contribution in [1.82, 2.24) is 19.7 Å². The number of rotatable bonds is 7. The van der Waals surface area contributed by atoms with Gasteiger partial charge < -0.3 is 10.1 Å². The maximum absolute atomic E-state index is 13.5. The van der Waals surface area contributed by atoms with E-state index in [-0.39, 0.29) is 17.3 Å². The predicted molar refractivity (Wildman–Crippen MR) is 133 cm³/mol. The topological polar surface area (TPSA) is 128 Å². The first kappa shape index (κ1) is 22.8. The summed E-state index contributed by atoms with van der Waals surface area (Å²) in [7, 11) is -2.06. The molecule has 1 aliphatic rings. The van der Waals surface area contributed by atoms with Crippen LogP contribution in [0.1, 0.15) is 40.5 Å². The van der Waals surface area contributed by atoms with Gasteiger partial charge in [-0.2, -0.15) is 9.78 Å². The van der Waals surface area contributed by atoms with Gasteiger partial charge in [0.15, 0.2) is 11.5 Å². The molecule has 3 heterocycles. The molecule has 1 aliphatic carbocycles. The third-order valence-electron chi connectivity index (χ3n) is 5.69. The molecule has 180 valence electrons. The summed E-state index contributed by atoms with van der Waals surface area (Å²) in [5.74, 6) is 0.899. The van der Waals surface area contributed by atoms with Gasteiger partial charge in [0.05, 0.1) is 35.7 Å². The second kappa shape index (κ2) is 8.66. The smallest absolute Gasteiger partial charge is 0.256 e. The molecule has 1 fully saturated rings. The van der Waals surface area contributed by atoms with Crippen LogP contribution < -0.4 is 14.8 Å². The molecular weight excluding hydrogens is 468 g/mol. The largest absolute Gasteiger partial charge is 0.494 e. The summed E-state index contributed by atoms with van der Waals surface area (Å²) in [6, 6.07) is 12.1. The van der Waals surface area contributed by atoms with E-state index in [4.69, 9.17) is 9.72 Å². The maximum atomic E-state index is 13.5. The molecule has 2 N–H and O–H groups in total. The number of nitrogens with zero attached hydrogens (tertiary/aromatic N) is 4. The quantitative estimate of drug-likeness (QED) is 0.403. The van der Waals surface area contributed by atoms with Crippen LogP contribution in [-0.2, 0) is 10.0 Å². The number of nitrogens with one attached hydrogen (secondary N) is 2. The van der Waals surface area contributed by atoms with Crippen molar-refractivity contribution in [3.8, 4) is 11.6 Å². The number of anilines is 2. The number of aryl methyl sites for hydroxylation is 1. The number of amides is 1. The number of carbonyl (C=O) groups is 1. The molecule has 0 radical (unpaired) electrons. The summed E-state index contributed by atoms with van der Waals surface area (Å²) in [6.45, 7) is 1.84. The zero-order chi connectivity index (χ0) is 24.7. The molecule has 0 saturated heterocycles. The van der Waals surface area contributed by atoms with E-state index in [0.717, 1.165) is 24.8 Å². The molecule has 10 nitrogen and oxygen atoms in total. The molecule has 0 bridgehead atoms. The van der Waals surface area contributed by atoms with Crippen molar-refractivity contribution < 1.29 is 17.9 Å². The van der Waals surface area contributed by atoms with Crippen molar-refractivity contribution in [2.75, 3.05) is 23.4 Å². The minimum atomic E-state index is -3.48. The summed E-state index contributed by atoms with van der Waals surface area (Å²) in [6.07, 6.45) is 4.80. The number of fused-ring (bicyclic) bond motifs is 1. The number of benzene rings is 1. The number of sulfonamides is 1. The molecule has 35 heavy (non-hydrogen) atoms. The van der Waals surface area contributed by atoms with E-state index in [1.165, 1.54) is 13.2 Å².